The van der Waals surface area contributed by atoms with Crippen molar-refractivity contribution in [2.24, 2.45) is 0 Å². The van der Waals surface area contributed by atoms with Crippen LogP contribution in [0.15, 0.2) is 24.3 Å². The van der Waals surface area contributed by atoms with Gasteiger partial charge < -0.3 is 10.4 Å². The fourth-order valence-corrected chi connectivity index (χ4v) is 2.91. The number of carboxylic acids is 1. The molecule has 1 aromatic heterocycles. The van der Waals surface area contributed by atoms with Crippen molar-refractivity contribution in [3.05, 3.63) is 52.3 Å². The van der Waals surface area contributed by atoms with Crippen LogP contribution in [0.2, 0.25) is 0 Å². The van der Waals surface area contributed by atoms with Crippen LogP contribution in [-0.2, 0) is 22.6 Å². The van der Waals surface area contributed by atoms with E-state index in [-0.39, 0.29) is 12.3 Å². The maximum Gasteiger partial charge on any atom is 0.303 e. The molecule has 1 amide bonds. The molecule has 140 valence electrons. The van der Waals surface area contributed by atoms with Crippen LogP contribution in [-0.4, -0.2) is 33.3 Å². The highest BCUT2D eigenvalue weighted by Crippen LogP contribution is 2.17. The van der Waals surface area contributed by atoms with E-state index in [1.807, 2.05) is 18.5 Å². The Kier molecular flexibility index (Phi) is 6.95. The summed E-state index contributed by atoms with van der Waals surface area (Å²) in [5.74, 6) is -0.896. The second-order valence-corrected chi connectivity index (χ2v) is 6.64. The van der Waals surface area contributed by atoms with Crippen molar-refractivity contribution in [2.45, 2.75) is 53.0 Å². The van der Waals surface area contributed by atoms with Gasteiger partial charge in [0.1, 0.15) is 0 Å². The minimum Gasteiger partial charge on any atom is -0.481 e. The first-order valence-electron chi connectivity index (χ1n) is 8.93. The highest BCUT2D eigenvalue weighted by Gasteiger charge is 2.13. The van der Waals surface area contributed by atoms with Gasteiger partial charge >= 0.3 is 5.97 Å². The number of nitrogens with one attached hydrogen (secondary N) is 1. The van der Waals surface area contributed by atoms with Crippen LogP contribution in [0.25, 0.3) is 0 Å². The molecule has 6 heteroatoms. The lowest BCUT2D eigenvalue weighted by atomic mass is 10.1. The molecular weight excluding hydrogens is 330 g/mol. The molecule has 2 aromatic rings. The topological polar surface area (TPSA) is 84.2 Å². The van der Waals surface area contributed by atoms with E-state index in [0.29, 0.717) is 32.4 Å². The smallest absolute Gasteiger partial charge is 0.303 e. The number of benzene rings is 1. The van der Waals surface area contributed by atoms with Crippen LogP contribution in [0.1, 0.15) is 47.3 Å². The molecule has 0 atom stereocenters. The lowest BCUT2D eigenvalue weighted by Crippen LogP contribution is -2.25. The fraction of sp³-hybridized carbons (Fsp3) is 0.450. The minimum atomic E-state index is -0.841. The average Bonchev–Trinajstić information content (AvgIpc) is 2.85. The molecule has 0 spiro atoms. The van der Waals surface area contributed by atoms with Crippen molar-refractivity contribution < 1.29 is 14.7 Å². The van der Waals surface area contributed by atoms with Crippen LogP contribution in [0, 0.1) is 20.8 Å². The lowest BCUT2D eigenvalue weighted by Gasteiger charge is -2.07. The second-order valence-electron chi connectivity index (χ2n) is 6.64. The molecule has 2 rings (SSSR count). The van der Waals surface area contributed by atoms with E-state index in [2.05, 4.69) is 41.6 Å². The van der Waals surface area contributed by atoms with Gasteiger partial charge in [-0.25, -0.2) is 0 Å². The van der Waals surface area contributed by atoms with E-state index < -0.39 is 5.97 Å². The number of hydrogen-bond acceptors (Lipinski definition) is 3. The van der Waals surface area contributed by atoms with E-state index >= 15 is 0 Å². The molecule has 1 aromatic carbocycles. The third kappa shape index (κ3) is 5.72. The summed E-state index contributed by atoms with van der Waals surface area (Å²) >= 11 is 0. The SMILES string of the molecule is Cc1ccc(Cn2nc(C)c(CCC(=O)NCCCC(=O)O)c2C)cc1. The molecule has 0 saturated heterocycles. The number of nitrogens with zero attached hydrogens (tertiary/aromatic N) is 2. The maximum absolute atomic E-state index is 11.9. The average molecular weight is 357 g/mol. The van der Waals surface area contributed by atoms with Gasteiger partial charge in [0.2, 0.25) is 5.91 Å². The van der Waals surface area contributed by atoms with Gasteiger partial charge in [0.15, 0.2) is 0 Å². The molecule has 0 unspecified atom stereocenters. The minimum absolute atomic E-state index is 0.0551. The van der Waals surface area contributed by atoms with Gasteiger partial charge in [-0.05, 0) is 44.7 Å². The first-order chi connectivity index (χ1) is 12.4. The number of aliphatic carboxylic acids is 1. The van der Waals surface area contributed by atoms with Crippen molar-refractivity contribution in [2.75, 3.05) is 6.54 Å². The van der Waals surface area contributed by atoms with E-state index in [1.54, 1.807) is 0 Å². The standard InChI is InChI=1S/C20H27N3O3/c1-14-6-8-17(9-7-14)13-23-16(3)18(15(2)22-23)10-11-19(24)21-12-4-5-20(25)26/h6-9H,4-5,10-13H2,1-3H3,(H,21,24)(H,25,26). The second kappa shape index (κ2) is 9.17. The van der Waals surface area contributed by atoms with E-state index in [9.17, 15) is 9.59 Å². The summed E-state index contributed by atoms with van der Waals surface area (Å²) in [6.07, 6.45) is 1.54. The maximum atomic E-state index is 11.9. The molecule has 1 heterocycles. The highest BCUT2D eigenvalue weighted by molar-refractivity contribution is 5.76. The Morgan fingerprint density at radius 1 is 1.12 bits per heavy atom. The Bertz CT molecular complexity index is 763. The number of carbonyl (C=O) groups is 2. The third-order valence-corrected chi connectivity index (χ3v) is 4.48. The molecule has 0 fully saturated rings. The molecular formula is C20H27N3O3. The van der Waals surface area contributed by atoms with Gasteiger partial charge in [-0.1, -0.05) is 29.8 Å². The van der Waals surface area contributed by atoms with Gasteiger partial charge in [0, 0.05) is 25.1 Å². The zero-order chi connectivity index (χ0) is 19.1. The van der Waals surface area contributed by atoms with Gasteiger partial charge in [0.25, 0.3) is 0 Å². The summed E-state index contributed by atoms with van der Waals surface area (Å²) in [6.45, 7) is 7.19. The Morgan fingerprint density at radius 3 is 2.46 bits per heavy atom. The number of rotatable bonds is 9. The van der Waals surface area contributed by atoms with Crippen molar-refractivity contribution in [3.8, 4) is 0 Å². The Balaban J connectivity index is 1.89. The van der Waals surface area contributed by atoms with Crippen LogP contribution < -0.4 is 5.32 Å². The Hall–Kier alpha value is -2.63. The van der Waals surface area contributed by atoms with Gasteiger partial charge in [-0.3, -0.25) is 14.3 Å². The van der Waals surface area contributed by atoms with Crippen LogP contribution in [0.4, 0.5) is 0 Å². The highest BCUT2D eigenvalue weighted by atomic mass is 16.4. The van der Waals surface area contributed by atoms with Crippen LogP contribution in [0.3, 0.4) is 0 Å². The quantitative estimate of drug-likeness (QED) is 0.676. The predicted molar refractivity (Wildman–Crippen MR) is 100 cm³/mol. The zero-order valence-corrected chi connectivity index (χ0v) is 15.7. The van der Waals surface area contributed by atoms with Crippen molar-refractivity contribution in [3.63, 3.8) is 0 Å². The molecule has 0 saturated carbocycles. The fourth-order valence-electron chi connectivity index (χ4n) is 2.91. The summed E-state index contributed by atoms with van der Waals surface area (Å²) in [5, 5.41) is 16.0. The normalized spacial score (nSPS) is 10.7. The molecule has 0 aliphatic carbocycles. The monoisotopic (exact) mass is 357 g/mol. The summed E-state index contributed by atoms with van der Waals surface area (Å²) in [5.41, 5.74) is 5.58. The number of aromatic nitrogens is 2. The first-order valence-corrected chi connectivity index (χ1v) is 8.93. The largest absolute Gasteiger partial charge is 0.481 e. The predicted octanol–water partition coefficient (Wildman–Crippen LogP) is 2.77. The number of carbonyl (C=O) groups excluding carboxylic acids is 1. The number of amides is 1. The van der Waals surface area contributed by atoms with Crippen molar-refractivity contribution in [1.29, 1.82) is 0 Å². The molecule has 0 bridgehead atoms. The van der Waals surface area contributed by atoms with E-state index in [0.717, 1.165) is 17.0 Å². The summed E-state index contributed by atoms with van der Waals surface area (Å²) in [6, 6.07) is 8.40. The van der Waals surface area contributed by atoms with E-state index in [1.165, 1.54) is 11.1 Å². The van der Waals surface area contributed by atoms with Crippen molar-refractivity contribution >= 4 is 11.9 Å². The number of hydrogen-bond donors (Lipinski definition) is 2. The van der Waals surface area contributed by atoms with Crippen molar-refractivity contribution in [1.82, 2.24) is 15.1 Å². The Labute approximate surface area is 154 Å². The molecule has 2 N–H and O–H groups in total. The summed E-state index contributed by atoms with van der Waals surface area (Å²) in [4.78, 5) is 22.4. The van der Waals surface area contributed by atoms with Crippen LogP contribution >= 0.6 is 0 Å². The van der Waals surface area contributed by atoms with Crippen LogP contribution in [0.5, 0.6) is 0 Å². The number of carboxylic acid groups (broad SMARTS) is 1. The zero-order valence-electron chi connectivity index (χ0n) is 15.7. The Morgan fingerprint density at radius 2 is 1.81 bits per heavy atom. The first kappa shape index (κ1) is 19.7. The van der Waals surface area contributed by atoms with Gasteiger partial charge in [-0.15, -0.1) is 0 Å². The van der Waals surface area contributed by atoms with Gasteiger partial charge in [0.05, 0.1) is 12.2 Å². The summed E-state index contributed by atoms with van der Waals surface area (Å²) in [7, 11) is 0. The molecule has 0 aliphatic heterocycles. The molecule has 0 radical (unpaired) electrons. The van der Waals surface area contributed by atoms with Gasteiger partial charge in [-0.2, -0.15) is 5.10 Å². The third-order valence-electron chi connectivity index (χ3n) is 4.48. The lowest BCUT2D eigenvalue weighted by molar-refractivity contribution is -0.137. The van der Waals surface area contributed by atoms with E-state index in [4.69, 9.17) is 5.11 Å². The molecule has 0 aliphatic rings. The number of aryl methyl sites for hydroxylation is 2. The molecule has 26 heavy (non-hydrogen) atoms. The molecule has 6 nitrogen and oxygen atoms in total. The summed E-state index contributed by atoms with van der Waals surface area (Å²) < 4.78 is 1.99.